The second kappa shape index (κ2) is 5.87. The summed E-state index contributed by atoms with van der Waals surface area (Å²) in [5, 5.41) is 1.33. The van der Waals surface area contributed by atoms with E-state index in [2.05, 4.69) is 4.98 Å². The van der Waals surface area contributed by atoms with Gasteiger partial charge in [-0.05, 0) is 30.3 Å². The van der Waals surface area contributed by atoms with Gasteiger partial charge < -0.3 is 4.42 Å². The Morgan fingerprint density at radius 3 is 3.00 bits per heavy atom. The Morgan fingerprint density at radius 1 is 1.43 bits per heavy atom. The number of carbonyl (C=O) groups excluding carboxylic acids is 1. The molecule has 3 rings (SSSR count). The van der Waals surface area contributed by atoms with Crippen molar-refractivity contribution in [3.05, 3.63) is 47.4 Å². The summed E-state index contributed by atoms with van der Waals surface area (Å²) in [4.78, 5) is 18.4. The van der Waals surface area contributed by atoms with Crippen molar-refractivity contribution in [1.29, 1.82) is 0 Å². The number of aromatic nitrogens is 1. The number of fused-ring (bicyclic) bond motifs is 1. The van der Waals surface area contributed by atoms with Gasteiger partial charge in [-0.3, -0.25) is 9.69 Å². The van der Waals surface area contributed by atoms with Gasteiger partial charge in [0.25, 0.3) is 0 Å². The Kier molecular flexibility index (Phi) is 3.94. The maximum atomic E-state index is 12.2. The third-order valence-corrected chi connectivity index (χ3v) is 4.34. The van der Waals surface area contributed by atoms with Crippen molar-refractivity contribution >= 4 is 44.2 Å². The lowest BCUT2D eigenvalue weighted by atomic mass is 10.3. The summed E-state index contributed by atoms with van der Waals surface area (Å²) < 4.78 is 6.30. The highest BCUT2D eigenvalue weighted by Crippen LogP contribution is 2.31. The summed E-state index contributed by atoms with van der Waals surface area (Å²) >= 11 is 7.45. The van der Waals surface area contributed by atoms with Gasteiger partial charge >= 0.3 is 0 Å². The molecular weight excluding hydrogens is 308 g/mol. The lowest BCUT2D eigenvalue weighted by Crippen LogP contribution is -2.29. The molecule has 1 amide bonds. The molecule has 0 N–H and O–H groups in total. The average molecular weight is 321 g/mol. The van der Waals surface area contributed by atoms with E-state index in [0.717, 1.165) is 16.0 Å². The normalized spacial score (nSPS) is 11.0. The van der Waals surface area contributed by atoms with E-state index in [9.17, 15) is 4.79 Å². The van der Waals surface area contributed by atoms with Gasteiger partial charge in [0.2, 0.25) is 5.91 Å². The zero-order valence-electron chi connectivity index (χ0n) is 11.4. The number of hydrogen-bond acceptors (Lipinski definition) is 4. The first-order valence-electron chi connectivity index (χ1n) is 6.56. The minimum Gasteiger partial charge on any atom is -0.467 e. The van der Waals surface area contributed by atoms with E-state index in [0.29, 0.717) is 23.1 Å². The average Bonchev–Trinajstić information content (AvgIpc) is 3.12. The monoisotopic (exact) mass is 320 g/mol. The Morgan fingerprint density at radius 2 is 2.29 bits per heavy atom. The van der Waals surface area contributed by atoms with Gasteiger partial charge in [0, 0.05) is 11.4 Å². The van der Waals surface area contributed by atoms with E-state index in [1.807, 2.05) is 31.2 Å². The van der Waals surface area contributed by atoms with E-state index in [1.54, 1.807) is 17.2 Å². The van der Waals surface area contributed by atoms with Crippen molar-refractivity contribution in [2.75, 3.05) is 4.90 Å². The minimum atomic E-state index is 0.0107. The van der Waals surface area contributed by atoms with Crippen molar-refractivity contribution in [1.82, 2.24) is 4.98 Å². The summed E-state index contributed by atoms with van der Waals surface area (Å²) in [5.41, 5.74) is 0.841. The van der Waals surface area contributed by atoms with Crippen molar-refractivity contribution in [2.45, 2.75) is 19.9 Å². The van der Waals surface area contributed by atoms with Crippen molar-refractivity contribution in [2.24, 2.45) is 0 Å². The van der Waals surface area contributed by atoms with E-state index < -0.39 is 0 Å². The van der Waals surface area contributed by atoms with Crippen LogP contribution >= 0.6 is 22.9 Å². The number of carbonyl (C=O) groups is 1. The first-order chi connectivity index (χ1) is 10.2. The highest BCUT2D eigenvalue weighted by Gasteiger charge is 2.19. The van der Waals surface area contributed by atoms with Crippen LogP contribution in [0.4, 0.5) is 5.13 Å². The molecule has 6 heteroatoms. The lowest BCUT2D eigenvalue weighted by molar-refractivity contribution is -0.118. The van der Waals surface area contributed by atoms with Gasteiger partial charge in [-0.25, -0.2) is 4.98 Å². The molecule has 0 bridgehead atoms. The SMILES string of the molecule is CCC(=O)N(Cc1ccco1)c1nc2ccc(Cl)cc2s1. The maximum absolute atomic E-state index is 12.2. The van der Waals surface area contributed by atoms with Crippen LogP contribution in [0.5, 0.6) is 0 Å². The molecular formula is C15H13ClN2O2S. The molecule has 21 heavy (non-hydrogen) atoms. The molecule has 0 atom stereocenters. The van der Waals surface area contributed by atoms with E-state index in [-0.39, 0.29) is 5.91 Å². The number of rotatable bonds is 4. The second-order valence-electron chi connectivity index (χ2n) is 4.52. The maximum Gasteiger partial charge on any atom is 0.228 e. The van der Waals surface area contributed by atoms with Gasteiger partial charge in [-0.1, -0.05) is 29.9 Å². The molecule has 2 aromatic heterocycles. The molecule has 108 valence electrons. The van der Waals surface area contributed by atoms with Gasteiger partial charge in [0.05, 0.1) is 23.0 Å². The summed E-state index contributed by atoms with van der Waals surface area (Å²) in [6.45, 7) is 2.22. The summed E-state index contributed by atoms with van der Waals surface area (Å²) in [7, 11) is 0. The largest absolute Gasteiger partial charge is 0.467 e. The predicted molar refractivity (Wildman–Crippen MR) is 84.8 cm³/mol. The summed E-state index contributed by atoms with van der Waals surface area (Å²) in [6.07, 6.45) is 2.01. The van der Waals surface area contributed by atoms with Gasteiger partial charge in [-0.2, -0.15) is 0 Å². The molecule has 3 aromatic rings. The predicted octanol–water partition coefficient (Wildman–Crippen LogP) is 4.49. The molecule has 2 heterocycles. The fourth-order valence-corrected chi connectivity index (χ4v) is 3.27. The standard InChI is InChI=1S/C15H13ClN2O2S/c1-2-14(19)18(9-11-4-3-7-20-11)15-17-12-6-5-10(16)8-13(12)21-15/h3-8H,2,9H2,1H3. The number of hydrogen-bond donors (Lipinski definition) is 0. The molecule has 0 aliphatic heterocycles. The Balaban J connectivity index is 1.99. The first kappa shape index (κ1) is 14.1. The Bertz CT molecular complexity index is 767. The van der Waals surface area contributed by atoms with Crippen molar-refractivity contribution < 1.29 is 9.21 Å². The molecule has 0 saturated heterocycles. The summed E-state index contributed by atoms with van der Waals surface area (Å²) in [6, 6.07) is 9.17. The van der Waals surface area contributed by atoms with Crippen LogP contribution < -0.4 is 4.90 Å². The molecule has 0 spiro atoms. The van der Waals surface area contributed by atoms with Crippen LogP contribution in [-0.2, 0) is 11.3 Å². The molecule has 1 aromatic carbocycles. The quantitative estimate of drug-likeness (QED) is 0.711. The number of halogens is 1. The van der Waals surface area contributed by atoms with E-state index in [4.69, 9.17) is 16.0 Å². The Labute approximate surface area is 131 Å². The van der Waals surface area contributed by atoms with Crippen LogP contribution in [0.3, 0.4) is 0 Å². The lowest BCUT2D eigenvalue weighted by Gasteiger charge is -2.17. The molecule has 0 saturated carbocycles. The van der Waals surface area contributed by atoms with Crippen LogP contribution in [0.1, 0.15) is 19.1 Å². The molecule has 0 aliphatic rings. The molecule has 0 radical (unpaired) electrons. The third kappa shape index (κ3) is 2.94. The Hall–Kier alpha value is -1.85. The molecule has 4 nitrogen and oxygen atoms in total. The van der Waals surface area contributed by atoms with Crippen LogP contribution in [0.2, 0.25) is 5.02 Å². The topological polar surface area (TPSA) is 46.3 Å². The first-order valence-corrected chi connectivity index (χ1v) is 7.75. The zero-order valence-corrected chi connectivity index (χ0v) is 12.9. The van der Waals surface area contributed by atoms with Crippen molar-refractivity contribution in [3.8, 4) is 0 Å². The fraction of sp³-hybridized carbons (Fsp3) is 0.200. The van der Waals surface area contributed by atoms with Crippen LogP contribution in [0.15, 0.2) is 41.0 Å². The fourth-order valence-electron chi connectivity index (χ4n) is 2.01. The highest BCUT2D eigenvalue weighted by atomic mass is 35.5. The van der Waals surface area contributed by atoms with E-state index in [1.165, 1.54) is 11.3 Å². The molecule has 0 fully saturated rings. The molecule has 0 unspecified atom stereocenters. The number of benzene rings is 1. The van der Waals surface area contributed by atoms with Gasteiger partial charge in [0.15, 0.2) is 5.13 Å². The van der Waals surface area contributed by atoms with Crippen LogP contribution in [0, 0.1) is 0 Å². The smallest absolute Gasteiger partial charge is 0.228 e. The minimum absolute atomic E-state index is 0.0107. The zero-order chi connectivity index (χ0) is 14.8. The molecule has 0 aliphatic carbocycles. The van der Waals surface area contributed by atoms with Gasteiger partial charge in [-0.15, -0.1) is 0 Å². The number of thiazole rings is 1. The van der Waals surface area contributed by atoms with Gasteiger partial charge in [0.1, 0.15) is 5.76 Å². The second-order valence-corrected chi connectivity index (χ2v) is 5.97. The van der Waals surface area contributed by atoms with E-state index >= 15 is 0 Å². The van der Waals surface area contributed by atoms with Crippen LogP contribution in [-0.4, -0.2) is 10.9 Å². The van der Waals surface area contributed by atoms with Crippen LogP contribution in [0.25, 0.3) is 10.2 Å². The number of furan rings is 1. The van der Waals surface area contributed by atoms with Crippen molar-refractivity contribution in [3.63, 3.8) is 0 Å². The number of anilines is 1. The highest BCUT2D eigenvalue weighted by molar-refractivity contribution is 7.22. The summed E-state index contributed by atoms with van der Waals surface area (Å²) in [5.74, 6) is 0.741. The number of nitrogens with zero attached hydrogens (tertiary/aromatic N) is 2. The third-order valence-electron chi connectivity index (χ3n) is 3.07. The number of amides is 1.